The highest BCUT2D eigenvalue weighted by Crippen LogP contribution is 2.15. The first-order chi connectivity index (χ1) is 12.1. The van der Waals surface area contributed by atoms with Gasteiger partial charge in [-0.15, -0.1) is 0 Å². The van der Waals surface area contributed by atoms with E-state index in [1.807, 2.05) is 36.7 Å². The molecule has 0 radical (unpaired) electrons. The van der Waals surface area contributed by atoms with Crippen LogP contribution in [-0.2, 0) is 13.1 Å². The molecule has 0 aliphatic rings. The lowest BCUT2D eigenvalue weighted by Crippen LogP contribution is -2.28. The summed E-state index contributed by atoms with van der Waals surface area (Å²) in [5.74, 6) is 0. The summed E-state index contributed by atoms with van der Waals surface area (Å²) in [5.41, 5.74) is 4.88. The second-order valence-electron chi connectivity index (χ2n) is 5.84. The van der Waals surface area contributed by atoms with E-state index in [2.05, 4.69) is 32.8 Å². The number of carbonyl (C=O) groups is 1. The molecule has 128 valence electrons. The maximum Gasteiger partial charge on any atom is 0.319 e. The third-order valence-corrected chi connectivity index (χ3v) is 4.05. The Morgan fingerprint density at radius 2 is 1.92 bits per heavy atom. The molecule has 0 atom stereocenters. The fourth-order valence-corrected chi connectivity index (χ4v) is 2.68. The molecule has 3 rings (SSSR count). The van der Waals surface area contributed by atoms with Crippen LogP contribution in [-0.4, -0.2) is 20.8 Å². The van der Waals surface area contributed by atoms with Crippen molar-refractivity contribution in [3.05, 3.63) is 77.4 Å². The molecule has 0 fully saturated rings. The van der Waals surface area contributed by atoms with Crippen LogP contribution in [0.3, 0.4) is 0 Å². The summed E-state index contributed by atoms with van der Waals surface area (Å²) in [7, 11) is 0. The fourth-order valence-electron chi connectivity index (χ4n) is 2.68. The van der Waals surface area contributed by atoms with Crippen molar-refractivity contribution in [3.63, 3.8) is 0 Å². The molecule has 25 heavy (non-hydrogen) atoms. The van der Waals surface area contributed by atoms with Crippen molar-refractivity contribution in [2.75, 3.05) is 5.32 Å². The minimum Gasteiger partial charge on any atom is -0.334 e. The van der Waals surface area contributed by atoms with Crippen molar-refractivity contribution in [3.8, 4) is 0 Å². The van der Waals surface area contributed by atoms with Gasteiger partial charge in [0.15, 0.2) is 0 Å². The molecule has 1 aromatic carbocycles. The van der Waals surface area contributed by atoms with E-state index in [1.165, 1.54) is 5.56 Å². The van der Waals surface area contributed by atoms with E-state index in [0.717, 1.165) is 23.5 Å². The quantitative estimate of drug-likeness (QED) is 0.752. The van der Waals surface area contributed by atoms with Crippen LogP contribution in [0.4, 0.5) is 10.5 Å². The molecule has 0 saturated carbocycles. The van der Waals surface area contributed by atoms with Crippen LogP contribution in [0.5, 0.6) is 0 Å². The number of pyridine rings is 1. The van der Waals surface area contributed by atoms with Gasteiger partial charge < -0.3 is 10.6 Å². The predicted molar refractivity (Wildman–Crippen MR) is 97.3 cm³/mol. The van der Waals surface area contributed by atoms with Gasteiger partial charge in [-0.25, -0.2) is 4.79 Å². The van der Waals surface area contributed by atoms with Crippen molar-refractivity contribution in [1.82, 2.24) is 20.1 Å². The highest BCUT2D eigenvalue weighted by atomic mass is 16.2. The zero-order valence-corrected chi connectivity index (χ0v) is 14.4. The van der Waals surface area contributed by atoms with Gasteiger partial charge in [-0.05, 0) is 31.5 Å². The van der Waals surface area contributed by atoms with Crippen molar-refractivity contribution in [1.29, 1.82) is 0 Å². The number of aromatic nitrogens is 3. The number of hydrogen-bond donors (Lipinski definition) is 2. The number of amides is 2. The third-order valence-electron chi connectivity index (χ3n) is 4.05. The molecule has 3 aromatic rings. The van der Waals surface area contributed by atoms with E-state index < -0.39 is 0 Å². The molecule has 0 unspecified atom stereocenters. The van der Waals surface area contributed by atoms with Crippen LogP contribution < -0.4 is 10.6 Å². The SMILES string of the molecule is Cc1nn(Cc2ccccc2)c(C)c1CNC(=O)Nc1cccnc1. The van der Waals surface area contributed by atoms with Crippen LogP contribution in [0.1, 0.15) is 22.5 Å². The zero-order chi connectivity index (χ0) is 17.6. The van der Waals surface area contributed by atoms with Gasteiger partial charge in [0, 0.05) is 24.0 Å². The number of carbonyl (C=O) groups excluding carboxylic acids is 1. The maximum absolute atomic E-state index is 12.0. The Labute approximate surface area is 146 Å². The molecule has 0 aliphatic heterocycles. The molecule has 0 aliphatic carbocycles. The Balaban J connectivity index is 1.64. The average Bonchev–Trinajstić information content (AvgIpc) is 2.88. The number of hydrogen-bond acceptors (Lipinski definition) is 3. The summed E-state index contributed by atoms with van der Waals surface area (Å²) < 4.78 is 1.97. The largest absolute Gasteiger partial charge is 0.334 e. The standard InChI is InChI=1S/C19H21N5O/c1-14-18(12-21-19(25)22-17-9-6-10-20-11-17)15(2)24(23-14)13-16-7-4-3-5-8-16/h3-11H,12-13H2,1-2H3,(H2,21,22,25). The van der Waals surface area contributed by atoms with E-state index in [1.54, 1.807) is 24.5 Å². The minimum atomic E-state index is -0.261. The Bertz CT molecular complexity index is 843. The van der Waals surface area contributed by atoms with Crippen LogP contribution in [0.15, 0.2) is 54.9 Å². The Hall–Kier alpha value is -3.15. The monoisotopic (exact) mass is 335 g/mol. The minimum absolute atomic E-state index is 0.261. The third kappa shape index (κ3) is 4.23. The second kappa shape index (κ2) is 7.61. The molecule has 2 amide bonds. The molecular formula is C19H21N5O. The molecule has 6 heteroatoms. The lowest BCUT2D eigenvalue weighted by molar-refractivity contribution is 0.251. The molecule has 2 N–H and O–H groups in total. The highest BCUT2D eigenvalue weighted by Gasteiger charge is 2.13. The van der Waals surface area contributed by atoms with Gasteiger partial charge in [0.1, 0.15) is 0 Å². The summed E-state index contributed by atoms with van der Waals surface area (Å²) in [5, 5.41) is 10.2. The molecule has 6 nitrogen and oxygen atoms in total. The first-order valence-electron chi connectivity index (χ1n) is 8.15. The predicted octanol–water partition coefficient (Wildman–Crippen LogP) is 3.26. The average molecular weight is 335 g/mol. The van der Waals surface area contributed by atoms with E-state index in [0.29, 0.717) is 12.2 Å². The summed E-state index contributed by atoms with van der Waals surface area (Å²) in [4.78, 5) is 16.0. The Morgan fingerprint density at radius 1 is 1.12 bits per heavy atom. The van der Waals surface area contributed by atoms with Crippen LogP contribution >= 0.6 is 0 Å². The fraction of sp³-hybridized carbons (Fsp3) is 0.211. The van der Waals surface area contributed by atoms with Gasteiger partial charge in [-0.1, -0.05) is 30.3 Å². The summed E-state index contributed by atoms with van der Waals surface area (Å²) >= 11 is 0. The first kappa shape index (κ1) is 16.7. The molecule has 0 saturated heterocycles. The second-order valence-corrected chi connectivity index (χ2v) is 5.84. The van der Waals surface area contributed by atoms with Crippen LogP contribution in [0.25, 0.3) is 0 Å². The van der Waals surface area contributed by atoms with E-state index in [9.17, 15) is 4.79 Å². The van der Waals surface area contributed by atoms with Gasteiger partial charge in [-0.3, -0.25) is 9.67 Å². The maximum atomic E-state index is 12.0. The summed E-state index contributed by atoms with van der Waals surface area (Å²) in [6.07, 6.45) is 3.27. The van der Waals surface area contributed by atoms with Crippen LogP contribution in [0, 0.1) is 13.8 Å². The Morgan fingerprint density at radius 3 is 2.64 bits per heavy atom. The van der Waals surface area contributed by atoms with Crippen LogP contribution in [0.2, 0.25) is 0 Å². The molecule has 0 bridgehead atoms. The zero-order valence-electron chi connectivity index (χ0n) is 14.4. The summed E-state index contributed by atoms with van der Waals surface area (Å²) in [6.45, 7) is 5.14. The van der Waals surface area contributed by atoms with Crippen molar-refractivity contribution < 1.29 is 4.79 Å². The van der Waals surface area contributed by atoms with Gasteiger partial charge >= 0.3 is 6.03 Å². The van der Waals surface area contributed by atoms with Crippen molar-refractivity contribution in [2.24, 2.45) is 0 Å². The summed E-state index contributed by atoms with van der Waals surface area (Å²) in [6, 6.07) is 13.5. The number of benzene rings is 1. The molecule has 0 spiro atoms. The lowest BCUT2D eigenvalue weighted by atomic mass is 10.2. The highest BCUT2D eigenvalue weighted by molar-refractivity contribution is 5.88. The topological polar surface area (TPSA) is 71.8 Å². The number of aryl methyl sites for hydroxylation is 1. The number of nitrogens with one attached hydrogen (secondary N) is 2. The smallest absolute Gasteiger partial charge is 0.319 e. The van der Waals surface area contributed by atoms with Gasteiger partial charge in [0.25, 0.3) is 0 Å². The molecule has 2 heterocycles. The van der Waals surface area contributed by atoms with E-state index >= 15 is 0 Å². The first-order valence-corrected chi connectivity index (χ1v) is 8.15. The molecular weight excluding hydrogens is 314 g/mol. The number of urea groups is 1. The lowest BCUT2D eigenvalue weighted by Gasteiger charge is -2.08. The van der Waals surface area contributed by atoms with Gasteiger partial charge in [-0.2, -0.15) is 5.10 Å². The van der Waals surface area contributed by atoms with Gasteiger partial charge in [0.05, 0.1) is 24.1 Å². The number of nitrogens with zero attached hydrogens (tertiary/aromatic N) is 3. The van der Waals surface area contributed by atoms with Gasteiger partial charge in [0.2, 0.25) is 0 Å². The molecule has 2 aromatic heterocycles. The van der Waals surface area contributed by atoms with E-state index in [-0.39, 0.29) is 6.03 Å². The van der Waals surface area contributed by atoms with Crippen molar-refractivity contribution >= 4 is 11.7 Å². The van der Waals surface area contributed by atoms with E-state index in [4.69, 9.17) is 0 Å². The van der Waals surface area contributed by atoms with Crippen molar-refractivity contribution in [2.45, 2.75) is 26.9 Å². The number of anilines is 1. The number of rotatable bonds is 5. The normalized spacial score (nSPS) is 10.5. The Kier molecular flexibility index (Phi) is 5.09.